The molecule has 4 heterocycles. The van der Waals surface area contributed by atoms with Crippen molar-refractivity contribution in [2.24, 2.45) is 0 Å². The Balaban J connectivity index is 1.48. The Hall–Kier alpha value is -3.44. The molecule has 0 saturated carbocycles. The maximum atomic E-state index is 9.92. The normalized spacial score (nSPS) is 14.8. The SMILES string of the molecule is CCC(/C=C1\Sc2cc(OC)c3ccoc3c2N1CCO)=C\c1sc2cc(OC)c3occc3c2[n+]1CCO. The lowest BCUT2D eigenvalue weighted by atomic mass is 10.1. The first-order valence-electron chi connectivity index (χ1n) is 12.7. The number of anilines is 1. The van der Waals surface area contributed by atoms with Crippen molar-refractivity contribution in [3.8, 4) is 11.5 Å². The Morgan fingerprint density at radius 3 is 2.51 bits per heavy atom. The van der Waals surface area contributed by atoms with Gasteiger partial charge in [0.1, 0.15) is 22.7 Å². The number of β-amino-alcohol motifs (C(OH)–C–C–N with tert-alkyl or cyclic N) is 1. The molecule has 2 N–H and O–H groups in total. The molecule has 0 spiro atoms. The maximum absolute atomic E-state index is 9.92. The Kier molecular flexibility index (Phi) is 7.03. The molecule has 0 atom stereocenters. The van der Waals surface area contributed by atoms with E-state index >= 15 is 0 Å². The molecule has 5 aromatic rings. The third-order valence-corrected chi connectivity index (χ3v) is 9.05. The molecule has 202 valence electrons. The van der Waals surface area contributed by atoms with Crippen LogP contribution in [0.15, 0.2) is 67.2 Å². The van der Waals surface area contributed by atoms with Crippen molar-refractivity contribution in [1.29, 1.82) is 0 Å². The molecular formula is C29H29N2O6S2+. The largest absolute Gasteiger partial charge is 0.496 e. The van der Waals surface area contributed by atoms with Gasteiger partial charge in [0.2, 0.25) is 5.52 Å². The number of allylic oxidation sites excluding steroid dienone is 2. The van der Waals surface area contributed by atoms with E-state index in [0.717, 1.165) is 64.9 Å². The van der Waals surface area contributed by atoms with E-state index in [1.807, 2.05) is 24.3 Å². The van der Waals surface area contributed by atoms with Gasteiger partial charge in [0.25, 0.3) is 5.01 Å². The molecule has 3 aromatic heterocycles. The van der Waals surface area contributed by atoms with Crippen LogP contribution >= 0.6 is 23.1 Å². The predicted octanol–water partition coefficient (Wildman–Crippen LogP) is 5.93. The van der Waals surface area contributed by atoms with Gasteiger partial charge in [-0.1, -0.05) is 30.0 Å². The van der Waals surface area contributed by atoms with Gasteiger partial charge in [0.05, 0.1) is 49.2 Å². The number of hydrogen-bond acceptors (Lipinski definition) is 9. The van der Waals surface area contributed by atoms with Crippen molar-refractivity contribution in [2.75, 3.05) is 38.9 Å². The van der Waals surface area contributed by atoms with Gasteiger partial charge in [0, 0.05) is 23.6 Å². The van der Waals surface area contributed by atoms with Gasteiger partial charge < -0.3 is 33.4 Å². The Morgan fingerprint density at radius 1 is 1.03 bits per heavy atom. The monoisotopic (exact) mass is 565 g/mol. The lowest BCUT2D eigenvalue weighted by Gasteiger charge is -2.20. The van der Waals surface area contributed by atoms with Crippen LogP contribution in [0.3, 0.4) is 0 Å². The molecule has 8 nitrogen and oxygen atoms in total. The van der Waals surface area contributed by atoms with Crippen LogP contribution in [-0.4, -0.2) is 44.2 Å². The molecule has 1 aliphatic heterocycles. The van der Waals surface area contributed by atoms with Gasteiger partial charge in [-0.2, -0.15) is 4.57 Å². The number of fused-ring (bicyclic) bond motifs is 6. The summed E-state index contributed by atoms with van der Waals surface area (Å²) in [7, 11) is 3.30. The molecule has 0 bridgehead atoms. The average molecular weight is 566 g/mol. The van der Waals surface area contributed by atoms with Crippen LogP contribution in [0.2, 0.25) is 0 Å². The molecule has 1 aliphatic rings. The van der Waals surface area contributed by atoms with Gasteiger partial charge in [-0.05, 0) is 36.3 Å². The fourth-order valence-corrected chi connectivity index (χ4v) is 7.53. The first kappa shape index (κ1) is 25.8. The van der Waals surface area contributed by atoms with Crippen LogP contribution in [0.1, 0.15) is 18.4 Å². The number of aliphatic hydroxyl groups is 2. The highest BCUT2D eigenvalue weighted by Gasteiger charge is 2.31. The predicted molar refractivity (Wildman–Crippen MR) is 155 cm³/mol. The fraction of sp³-hybridized carbons (Fsp3) is 0.276. The standard InChI is InChI=1S/C29H29N2O6S2/c1-4-17(13-24-30(7-9-32)26-19-6-12-36-28(19)21(35-3)16-22(26)38-24)14-25-31(8-10-33)27-23(39-25)15-20(34-2)18-5-11-37-29(18)27/h5-6,11-16,32-33H,4,7-10H2,1-3H3/q+1. The summed E-state index contributed by atoms with van der Waals surface area (Å²) in [5, 5.41) is 23.7. The molecule has 0 saturated heterocycles. The van der Waals surface area contributed by atoms with E-state index in [0.29, 0.717) is 24.4 Å². The van der Waals surface area contributed by atoms with Gasteiger partial charge in [0.15, 0.2) is 23.5 Å². The number of aromatic nitrogens is 1. The number of hydrogen-bond donors (Lipinski definition) is 2. The number of ether oxygens (including phenoxy) is 2. The van der Waals surface area contributed by atoms with Gasteiger partial charge in [-0.15, -0.1) is 0 Å². The number of furan rings is 2. The number of rotatable bonds is 9. The molecule has 6 rings (SSSR count). The minimum Gasteiger partial charge on any atom is -0.496 e. The Bertz CT molecular complexity index is 1750. The summed E-state index contributed by atoms with van der Waals surface area (Å²) < 4.78 is 26.0. The summed E-state index contributed by atoms with van der Waals surface area (Å²) in [5.74, 6) is 1.45. The maximum Gasteiger partial charge on any atom is 0.263 e. The van der Waals surface area contributed by atoms with E-state index in [1.54, 1.807) is 49.8 Å². The first-order chi connectivity index (χ1) is 19.1. The molecule has 0 amide bonds. The van der Waals surface area contributed by atoms with Crippen molar-refractivity contribution in [2.45, 2.75) is 24.8 Å². The molecule has 0 fully saturated rings. The molecular weight excluding hydrogens is 536 g/mol. The summed E-state index contributed by atoms with van der Waals surface area (Å²) in [4.78, 5) is 3.14. The van der Waals surface area contributed by atoms with E-state index in [2.05, 4.69) is 28.5 Å². The van der Waals surface area contributed by atoms with Crippen LogP contribution in [0.5, 0.6) is 11.5 Å². The summed E-state index contributed by atoms with van der Waals surface area (Å²) >= 11 is 3.29. The zero-order chi connectivity index (χ0) is 27.1. The van der Waals surface area contributed by atoms with E-state index < -0.39 is 0 Å². The molecule has 0 aliphatic carbocycles. The topological polar surface area (TPSA) is 92.3 Å². The van der Waals surface area contributed by atoms with Gasteiger partial charge in [-0.3, -0.25) is 0 Å². The van der Waals surface area contributed by atoms with Crippen molar-refractivity contribution >= 4 is 67.0 Å². The van der Waals surface area contributed by atoms with E-state index in [9.17, 15) is 10.2 Å². The molecule has 2 aromatic carbocycles. The number of methoxy groups -OCH3 is 2. The smallest absolute Gasteiger partial charge is 0.263 e. The quantitative estimate of drug-likeness (QED) is 0.213. The van der Waals surface area contributed by atoms with Gasteiger partial charge >= 0.3 is 0 Å². The Morgan fingerprint density at radius 2 is 1.79 bits per heavy atom. The minimum atomic E-state index is 0.00604. The second-order valence-electron chi connectivity index (χ2n) is 9.03. The molecule has 0 unspecified atom stereocenters. The van der Waals surface area contributed by atoms with E-state index in [1.165, 1.54) is 0 Å². The average Bonchev–Trinajstić information content (AvgIpc) is 3.73. The molecule has 39 heavy (non-hydrogen) atoms. The summed E-state index contributed by atoms with van der Waals surface area (Å²) in [6.45, 7) is 3.05. The number of nitrogens with zero attached hydrogens (tertiary/aromatic N) is 2. The second-order valence-corrected chi connectivity index (χ2v) is 11.2. The van der Waals surface area contributed by atoms with Crippen LogP contribution in [-0.2, 0) is 6.54 Å². The third-order valence-electron chi connectivity index (χ3n) is 6.90. The Labute approximate surface area is 233 Å². The second kappa shape index (κ2) is 10.6. The number of benzene rings is 2. The summed E-state index contributed by atoms with van der Waals surface area (Å²) in [6, 6.07) is 7.88. The zero-order valence-corrected chi connectivity index (χ0v) is 23.5. The van der Waals surface area contributed by atoms with Crippen molar-refractivity contribution in [3.05, 3.63) is 58.5 Å². The van der Waals surface area contributed by atoms with Crippen molar-refractivity contribution in [1.82, 2.24) is 0 Å². The molecule has 10 heteroatoms. The highest BCUT2D eigenvalue weighted by Crippen LogP contribution is 2.52. The van der Waals surface area contributed by atoms with Crippen LogP contribution in [0.25, 0.3) is 38.2 Å². The number of thioether (sulfide) groups is 1. The van der Waals surface area contributed by atoms with Crippen molar-refractivity contribution < 1.29 is 33.1 Å². The number of thiazole rings is 1. The zero-order valence-electron chi connectivity index (χ0n) is 21.9. The van der Waals surface area contributed by atoms with E-state index in [-0.39, 0.29) is 13.2 Å². The van der Waals surface area contributed by atoms with Crippen LogP contribution in [0.4, 0.5) is 5.69 Å². The number of aliphatic hydroxyl groups excluding tert-OH is 2. The fourth-order valence-electron chi connectivity index (χ4n) is 5.12. The van der Waals surface area contributed by atoms with Crippen LogP contribution in [0, 0.1) is 0 Å². The van der Waals surface area contributed by atoms with Crippen molar-refractivity contribution in [3.63, 3.8) is 0 Å². The summed E-state index contributed by atoms with van der Waals surface area (Å²) in [6.07, 6.45) is 8.48. The third kappa shape index (κ3) is 4.28. The lowest BCUT2D eigenvalue weighted by Crippen LogP contribution is -2.37. The summed E-state index contributed by atoms with van der Waals surface area (Å²) in [5.41, 5.74) is 4.53. The van der Waals surface area contributed by atoms with Gasteiger partial charge in [-0.25, -0.2) is 0 Å². The highest BCUT2D eigenvalue weighted by atomic mass is 32.2. The van der Waals surface area contributed by atoms with Crippen LogP contribution < -0.4 is 18.9 Å². The van der Waals surface area contributed by atoms with E-state index in [4.69, 9.17) is 18.3 Å². The minimum absolute atomic E-state index is 0.00604. The lowest BCUT2D eigenvalue weighted by molar-refractivity contribution is -0.669. The first-order valence-corrected chi connectivity index (χ1v) is 14.3. The highest BCUT2D eigenvalue weighted by molar-refractivity contribution is 8.03. The molecule has 0 radical (unpaired) electrons.